The number of rotatable bonds is 4. The van der Waals surface area contributed by atoms with Gasteiger partial charge in [-0.15, -0.1) is 0 Å². The Hall–Kier alpha value is -1.22. The van der Waals surface area contributed by atoms with Crippen molar-refractivity contribution in [2.75, 3.05) is 20.3 Å². The summed E-state index contributed by atoms with van der Waals surface area (Å²) in [5.74, 6) is 1.84. The zero-order chi connectivity index (χ0) is 12.3. The van der Waals surface area contributed by atoms with Crippen molar-refractivity contribution in [1.29, 1.82) is 0 Å². The molecular formula is C14H21NO2. The number of hydrogen-bond acceptors (Lipinski definition) is 3. The van der Waals surface area contributed by atoms with E-state index < -0.39 is 0 Å². The Morgan fingerprint density at radius 2 is 2.12 bits per heavy atom. The quantitative estimate of drug-likeness (QED) is 0.870. The molecule has 94 valence electrons. The largest absolute Gasteiger partial charge is 0.496 e. The molecule has 0 saturated carbocycles. The molecule has 17 heavy (non-hydrogen) atoms. The molecule has 1 aromatic carbocycles. The van der Waals surface area contributed by atoms with Crippen LogP contribution in [0, 0.1) is 0 Å². The summed E-state index contributed by atoms with van der Waals surface area (Å²) in [5, 5.41) is 3.56. The Morgan fingerprint density at radius 1 is 1.35 bits per heavy atom. The SMILES string of the molecule is CCOc1cccc(OC)c1C1(C)CCCN1. The molecule has 1 N–H and O–H groups in total. The number of benzene rings is 1. The minimum absolute atomic E-state index is 0.0306. The molecule has 3 nitrogen and oxygen atoms in total. The van der Waals surface area contributed by atoms with Gasteiger partial charge in [0.2, 0.25) is 0 Å². The van der Waals surface area contributed by atoms with Crippen LogP contribution < -0.4 is 14.8 Å². The second kappa shape index (κ2) is 4.96. The average Bonchev–Trinajstić information content (AvgIpc) is 2.77. The molecule has 0 spiro atoms. The Labute approximate surface area is 103 Å². The molecule has 1 fully saturated rings. The van der Waals surface area contributed by atoms with Gasteiger partial charge in [0.25, 0.3) is 0 Å². The van der Waals surface area contributed by atoms with Gasteiger partial charge in [-0.25, -0.2) is 0 Å². The molecule has 1 aromatic rings. The Balaban J connectivity index is 2.47. The van der Waals surface area contributed by atoms with Crippen LogP contribution in [-0.2, 0) is 5.54 Å². The summed E-state index contributed by atoms with van der Waals surface area (Å²) in [4.78, 5) is 0. The highest BCUT2D eigenvalue weighted by atomic mass is 16.5. The maximum absolute atomic E-state index is 5.74. The number of hydrogen-bond donors (Lipinski definition) is 1. The first kappa shape index (κ1) is 12.2. The molecule has 1 unspecified atom stereocenters. The maximum atomic E-state index is 5.74. The Kier molecular flexibility index (Phi) is 3.57. The van der Waals surface area contributed by atoms with E-state index in [1.807, 2.05) is 25.1 Å². The van der Waals surface area contributed by atoms with E-state index in [0.717, 1.165) is 30.0 Å². The Bertz CT molecular complexity index is 384. The lowest BCUT2D eigenvalue weighted by atomic mass is 9.89. The van der Waals surface area contributed by atoms with Crippen molar-refractivity contribution in [1.82, 2.24) is 5.32 Å². The zero-order valence-corrected chi connectivity index (χ0v) is 10.9. The van der Waals surface area contributed by atoms with Crippen LogP contribution in [-0.4, -0.2) is 20.3 Å². The molecule has 0 amide bonds. The molecule has 0 radical (unpaired) electrons. The van der Waals surface area contributed by atoms with Crippen molar-refractivity contribution in [2.24, 2.45) is 0 Å². The van der Waals surface area contributed by atoms with Crippen LogP contribution in [0.2, 0.25) is 0 Å². The lowest BCUT2D eigenvalue weighted by Gasteiger charge is -2.29. The van der Waals surface area contributed by atoms with Crippen LogP contribution >= 0.6 is 0 Å². The van der Waals surface area contributed by atoms with Crippen molar-refractivity contribution >= 4 is 0 Å². The lowest BCUT2D eigenvalue weighted by Crippen LogP contribution is -2.34. The minimum atomic E-state index is -0.0306. The fourth-order valence-corrected chi connectivity index (χ4v) is 2.61. The van der Waals surface area contributed by atoms with Gasteiger partial charge in [0.15, 0.2) is 0 Å². The monoisotopic (exact) mass is 235 g/mol. The normalized spacial score (nSPS) is 23.7. The first-order valence-corrected chi connectivity index (χ1v) is 6.26. The molecule has 1 atom stereocenters. The van der Waals surface area contributed by atoms with E-state index in [9.17, 15) is 0 Å². The highest BCUT2D eigenvalue weighted by Crippen LogP contribution is 2.42. The molecule has 1 aliphatic heterocycles. The van der Waals surface area contributed by atoms with Crippen LogP contribution in [0.5, 0.6) is 11.5 Å². The third-order valence-corrected chi connectivity index (χ3v) is 3.43. The summed E-state index contributed by atoms with van der Waals surface area (Å²) in [5.41, 5.74) is 1.12. The number of nitrogens with one attached hydrogen (secondary N) is 1. The second-order valence-electron chi connectivity index (χ2n) is 4.63. The highest BCUT2D eigenvalue weighted by Gasteiger charge is 2.35. The van der Waals surface area contributed by atoms with E-state index in [2.05, 4.69) is 12.2 Å². The molecule has 0 aliphatic carbocycles. The summed E-state index contributed by atoms with van der Waals surface area (Å²) in [6.45, 7) is 5.96. The van der Waals surface area contributed by atoms with Crippen molar-refractivity contribution in [3.63, 3.8) is 0 Å². The fourth-order valence-electron chi connectivity index (χ4n) is 2.61. The first-order valence-electron chi connectivity index (χ1n) is 6.26. The maximum Gasteiger partial charge on any atom is 0.128 e. The first-order chi connectivity index (χ1) is 8.21. The predicted molar refractivity (Wildman–Crippen MR) is 68.8 cm³/mol. The van der Waals surface area contributed by atoms with Gasteiger partial charge in [-0.3, -0.25) is 0 Å². The summed E-state index contributed by atoms with van der Waals surface area (Å²) in [6, 6.07) is 6.00. The molecular weight excluding hydrogens is 214 g/mol. The molecule has 1 heterocycles. The van der Waals surface area contributed by atoms with Gasteiger partial charge >= 0.3 is 0 Å². The molecule has 0 bridgehead atoms. The van der Waals surface area contributed by atoms with E-state index in [1.54, 1.807) is 7.11 Å². The third kappa shape index (κ3) is 2.25. The summed E-state index contributed by atoms with van der Waals surface area (Å²) >= 11 is 0. The van der Waals surface area contributed by atoms with E-state index in [-0.39, 0.29) is 5.54 Å². The van der Waals surface area contributed by atoms with Crippen molar-refractivity contribution < 1.29 is 9.47 Å². The molecule has 0 aromatic heterocycles. The highest BCUT2D eigenvalue weighted by molar-refractivity contribution is 5.49. The number of methoxy groups -OCH3 is 1. The number of ether oxygens (including phenoxy) is 2. The van der Waals surface area contributed by atoms with E-state index in [1.165, 1.54) is 6.42 Å². The van der Waals surface area contributed by atoms with Gasteiger partial charge in [0, 0.05) is 5.54 Å². The standard InChI is InChI=1S/C14H21NO2/c1-4-17-12-8-5-7-11(16-3)13(12)14(2)9-6-10-15-14/h5,7-8,15H,4,6,9-10H2,1-3H3. The minimum Gasteiger partial charge on any atom is -0.496 e. The third-order valence-electron chi connectivity index (χ3n) is 3.43. The second-order valence-corrected chi connectivity index (χ2v) is 4.63. The smallest absolute Gasteiger partial charge is 0.128 e. The molecule has 3 heteroatoms. The lowest BCUT2D eigenvalue weighted by molar-refractivity contribution is 0.307. The van der Waals surface area contributed by atoms with Gasteiger partial charge in [0.05, 0.1) is 19.3 Å². The van der Waals surface area contributed by atoms with Gasteiger partial charge in [-0.2, -0.15) is 0 Å². The fraction of sp³-hybridized carbons (Fsp3) is 0.571. The predicted octanol–water partition coefficient (Wildman–Crippen LogP) is 2.69. The van der Waals surface area contributed by atoms with E-state index >= 15 is 0 Å². The van der Waals surface area contributed by atoms with Crippen molar-refractivity contribution in [2.45, 2.75) is 32.2 Å². The van der Waals surface area contributed by atoms with Gasteiger partial charge in [-0.05, 0) is 45.4 Å². The topological polar surface area (TPSA) is 30.5 Å². The van der Waals surface area contributed by atoms with Crippen LogP contribution in [0.1, 0.15) is 32.3 Å². The molecule has 2 rings (SSSR count). The summed E-state index contributed by atoms with van der Waals surface area (Å²) in [7, 11) is 1.72. The zero-order valence-electron chi connectivity index (χ0n) is 10.9. The van der Waals surface area contributed by atoms with Crippen LogP contribution in [0.15, 0.2) is 18.2 Å². The van der Waals surface area contributed by atoms with Crippen molar-refractivity contribution in [3.05, 3.63) is 23.8 Å². The van der Waals surface area contributed by atoms with Gasteiger partial charge in [-0.1, -0.05) is 6.07 Å². The van der Waals surface area contributed by atoms with Gasteiger partial charge < -0.3 is 14.8 Å². The molecule has 1 saturated heterocycles. The van der Waals surface area contributed by atoms with Crippen LogP contribution in [0.25, 0.3) is 0 Å². The van der Waals surface area contributed by atoms with E-state index in [4.69, 9.17) is 9.47 Å². The van der Waals surface area contributed by atoms with Crippen LogP contribution in [0.4, 0.5) is 0 Å². The Morgan fingerprint density at radius 3 is 2.71 bits per heavy atom. The molecule has 1 aliphatic rings. The van der Waals surface area contributed by atoms with Crippen molar-refractivity contribution in [3.8, 4) is 11.5 Å². The van der Waals surface area contributed by atoms with Crippen LogP contribution in [0.3, 0.4) is 0 Å². The van der Waals surface area contributed by atoms with E-state index in [0.29, 0.717) is 6.61 Å². The van der Waals surface area contributed by atoms with Gasteiger partial charge in [0.1, 0.15) is 11.5 Å². The summed E-state index contributed by atoms with van der Waals surface area (Å²) in [6.07, 6.45) is 2.31. The average molecular weight is 235 g/mol. The summed E-state index contributed by atoms with van der Waals surface area (Å²) < 4.78 is 11.2.